The van der Waals surface area contributed by atoms with E-state index in [2.05, 4.69) is 59.2 Å². The Kier molecular flexibility index (Phi) is 6.58. The van der Waals surface area contributed by atoms with Gasteiger partial charge in [0.2, 0.25) is 0 Å². The topological polar surface area (TPSA) is 24.1 Å². The zero-order valence-corrected chi connectivity index (χ0v) is 17.8. The monoisotopic (exact) mass is 432 g/mol. The number of benzene rings is 4. The van der Waals surface area contributed by atoms with Crippen LogP contribution in [-0.2, 0) is 0 Å². The van der Waals surface area contributed by atoms with E-state index in [1.165, 1.54) is 0 Å². The summed E-state index contributed by atoms with van der Waals surface area (Å²) in [5.41, 5.74) is 4.36. The molecule has 0 unspecified atom stereocenters. The van der Waals surface area contributed by atoms with Crippen molar-refractivity contribution < 1.29 is 0 Å². The van der Waals surface area contributed by atoms with E-state index in [1.807, 2.05) is 60.7 Å². The van der Waals surface area contributed by atoms with Gasteiger partial charge in [-0.25, -0.2) is 0 Å². The lowest BCUT2D eigenvalue weighted by Gasteiger charge is -2.31. The summed E-state index contributed by atoms with van der Waals surface area (Å²) in [5.74, 6) is 0. The third kappa shape index (κ3) is 5.15. The van der Waals surface area contributed by atoms with Crippen molar-refractivity contribution in [3.63, 3.8) is 0 Å². The molecule has 4 aromatic rings. The second-order valence-electron chi connectivity index (χ2n) is 7.08. The molecule has 2 N–H and O–H groups in total. The minimum Gasteiger partial charge on any atom is -0.376 e. The quantitative estimate of drug-likeness (QED) is 0.309. The van der Waals surface area contributed by atoms with Crippen LogP contribution in [0.4, 0.5) is 11.4 Å². The fraction of sp³-hybridized carbons (Fsp3) is 0.0769. The predicted molar refractivity (Wildman–Crippen MR) is 129 cm³/mol. The summed E-state index contributed by atoms with van der Waals surface area (Å²) in [6.45, 7) is 0. The highest BCUT2D eigenvalue weighted by Gasteiger charge is 2.25. The number of hydrogen-bond acceptors (Lipinski definition) is 2. The van der Waals surface area contributed by atoms with Crippen LogP contribution in [-0.4, -0.2) is 0 Å². The van der Waals surface area contributed by atoms with Gasteiger partial charge in [0.15, 0.2) is 0 Å². The number of anilines is 2. The first-order valence-electron chi connectivity index (χ1n) is 9.83. The van der Waals surface area contributed by atoms with Crippen LogP contribution in [0.25, 0.3) is 0 Å². The second-order valence-corrected chi connectivity index (χ2v) is 7.95. The van der Waals surface area contributed by atoms with Crippen molar-refractivity contribution in [2.75, 3.05) is 10.6 Å². The highest BCUT2D eigenvalue weighted by atomic mass is 35.5. The van der Waals surface area contributed by atoms with Crippen molar-refractivity contribution in [2.24, 2.45) is 0 Å². The molecule has 0 fully saturated rings. The fourth-order valence-corrected chi connectivity index (χ4v) is 3.74. The van der Waals surface area contributed by atoms with Gasteiger partial charge in [-0.2, -0.15) is 0 Å². The normalized spacial score (nSPS) is 12.7. The summed E-state index contributed by atoms with van der Waals surface area (Å²) >= 11 is 12.3. The number of halogens is 2. The van der Waals surface area contributed by atoms with Crippen LogP contribution in [0.3, 0.4) is 0 Å². The minimum absolute atomic E-state index is 0.0500. The fourth-order valence-electron chi connectivity index (χ4n) is 3.49. The molecule has 150 valence electrons. The van der Waals surface area contributed by atoms with Gasteiger partial charge >= 0.3 is 0 Å². The minimum atomic E-state index is -0.0500. The number of hydrogen-bond donors (Lipinski definition) is 2. The molecule has 0 aliphatic heterocycles. The third-order valence-electron chi connectivity index (χ3n) is 4.98. The molecule has 2 atom stereocenters. The maximum Gasteiger partial charge on any atom is 0.0757 e. The highest BCUT2D eigenvalue weighted by Crippen LogP contribution is 2.36. The molecule has 0 saturated carbocycles. The van der Waals surface area contributed by atoms with Crippen LogP contribution in [0.1, 0.15) is 23.2 Å². The summed E-state index contributed by atoms with van der Waals surface area (Å²) < 4.78 is 0. The Hall–Kier alpha value is -2.94. The van der Waals surface area contributed by atoms with Gasteiger partial charge < -0.3 is 10.6 Å². The van der Waals surface area contributed by atoms with E-state index in [0.717, 1.165) is 32.5 Å². The summed E-state index contributed by atoms with van der Waals surface area (Å²) in [7, 11) is 0. The van der Waals surface area contributed by atoms with Crippen molar-refractivity contribution in [1.29, 1.82) is 0 Å². The van der Waals surface area contributed by atoms with Gasteiger partial charge in [0.1, 0.15) is 0 Å². The van der Waals surface area contributed by atoms with Crippen molar-refractivity contribution in [2.45, 2.75) is 12.1 Å². The predicted octanol–water partition coefficient (Wildman–Crippen LogP) is 8.00. The van der Waals surface area contributed by atoms with Crippen molar-refractivity contribution in [1.82, 2.24) is 0 Å². The van der Waals surface area contributed by atoms with E-state index in [9.17, 15) is 0 Å². The van der Waals surface area contributed by atoms with E-state index in [-0.39, 0.29) is 12.1 Å². The molecule has 0 aromatic heterocycles. The van der Waals surface area contributed by atoms with Crippen LogP contribution in [0.15, 0.2) is 109 Å². The Bertz CT molecular complexity index is 961. The molecule has 0 saturated heterocycles. The SMILES string of the molecule is Clc1ccc([C@@H](Nc2ccccc2)[C@@H](Nc2ccccc2)c2ccc(Cl)cc2)cc1. The zero-order chi connectivity index (χ0) is 20.8. The number of nitrogens with one attached hydrogen (secondary N) is 2. The number of rotatable bonds is 7. The van der Waals surface area contributed by atoms with Gasteiger partial charge in [0, 0.05) is 21.4 Å². The van der Waals surface area contributed by atoms with Crippen molar-refractivity contribution in [3.8, 4) is 0 Å². The Morgan fingerprint density at radius 1 is 0.433 bits per heavy atom. The first kappa shape index (κ1) is 20.3. The van der Waals surface area contributed by atoms with Crippen molar-refractivity contribution >= 4 is 34.6 Å². The highest BCUT2D eigenvalue weighted by molar-refractivity contribution is 6.30. The third-order valence-corrected chi connectivity index (χ3v) is 5.49. The summed E-state index contributed by atoms with van der Waals surface area (Å²) in [6.07, 6.45) is 0. The van der Waals surface area contributed by atoms with Crippen LogP contribution < -0.4 is 10.6 Å². The van der Waals surface area contributed by atoms with E-state index < -0.39 is 0 Å². The molecule has 4 aromatic carbocycles. The van der Waals surface area contributed by atoms with Gasteiger partial charge in [-0.15, -0.1) is 0 Å². The molecule has 4 rings (SSSR count). The average Bonchev–Trinajstić information content (AvgIpc) is 2.79. The summed E-state index contributed by atoms with van der Waals surface area (Å²) in [6, 6.07) is 36.3. The second kappa shape index (κ2) is 9.71. The molecule has 0 aliphatic carbocycles. The molecule has 0 radical (unpaired) electrons. The van der Waals surface area contributed by atoms with Gasteiger partial charge in [-0.1, -0.05) is 83.9 Å². The number of para-hydroxylation sites is 2. The van der Waals surface area contributed by atoms with Crippen LogP contribution in [0.2, 0.25) is 10.0 Å². The van der Waals surface area contributed by atoms with E-state index in [0.29, 0.717) is 0 Å². The Balaban J connectivity index is 1.78. The average molecular weight is 433 g/mol. The van der Waals surface area contributed by atoms with Crippen molar-refractivity contribution in [3.05, 3.63) is 130 Å². The Labute approximate surface area is 187 Å². The van der Waals surface area contributed by atoms with E-state index in [1.54, 1.807) is 0 Å². The molecule has 4 heteroatoms. The van der Waals surface area contributed by atoms with Crippen LogP contribution in [0, 0.1) is 0 Å². The van der Waals surface area contributed by atoms with Gasteiger partial charge in [0.25, 0.3) is 0 Å². The largest absolute Gasteiger partial charge is 0.376 e. The standard InChI is InChI=1S/C26H22Cl2N2/c27-21-15-11-19(12-16-21)25(29-23-7-3-1-4-8-23)26(20-13-17-22(28)18-14-20)30-24-9-5-2-6-10-24/h1-18,25-26,29-30H/t25-,26+. The van der Waals surface area contributed by atoms with Gasteiger partial charge in [-0.3, -0.25) is 0 Å². The Morgan fingerprint density at radius 3 is 1.10 bits per heavy atom. The van der Waals surface area contributed by atoms with Crippen LogP contribution >= 0.6 is 23.2 Å². The van der Waals surface area contributed by atoms with E-state index in [4.69, 9.17) is 23.2 Å². The molecule has 0 aliphatic rings. The molecule has 2 nitrogen and oxygen atoms in total. The van der Waals surface area contributed by atoms with Gasteiger partial charge in [-0.05, 0) is 59.7 Å². The first-order chi connectivity index (χ1) is 14.7. The first-order valence-corrected chi connectivity index (χ1v) is 10.6. The molecule has 0 heterocycles. The molecule has 0 bridgehead atoms. The maximum absolute atomic E-state index is 6.17. The smallest absolute Gasteiger partial charge is 0.0757 e. The summed E-state index contributed by atoms with van der Waals surface area (Å²) in [5, 5.41) is 8.86. The molecular formula is C26H22Cl2N2. The lowest BCUT2D eigenvalue weighted by Crippen LogP contribution is -2.25. The van der Waals surface area contributed by atoms with Crippen LogP contribution in [0.5, 0.6) is 0 Å². The molecular weight excluding hydrogens is 411 g/mol. The summed E-state index contributed by atoms with van der Waals surface area (Å²) in [4.78, 5) is 0. The lowest BCUT2D eigenvalue weighted by molar-refractivity contribution is 0.650. The molecule has 0 amide bonds. The lowest BCUT2D eigenvalue weighted by atomic mass is 9.92. The molecule has 0 spiro atoms. The zero-order valence-electron chi connectivity index (χ0n) is 16.3. The van der Waals surface area contributed by atoms with Gasteiger partial charge in [0.05, 0.1) is 12.1 Å². The van der Waals surface area contributed by atoms with E-state index >= 15 is 0 Å². The maximum atomic E-state index is 6.17. The Morgan fingerprint density at radius 2 is 0.767 bits per heavy atom. The molecule has 30 heavy (non-hydrogen) atoms.